The number of nitrogens with two attached hydrogens (primary N) is 1. The quantitative estimate of drug-likeness (QED) is 0.0324. The van der Waals surface area contributed by atoms with Crippen molar-refractivity contribution in [1.82, 2.24) is 83.8 Å². The molecule has 37 nitrogen and oxygen atoms in total. The van der Waals surface area contributed by atoms with Crippen molar-refractivity contribution in [3.05, 3.63) is 71.8 Å². The normalized spacial score (nSPS) is 18.8. The number of aliphatic hydroxyl groups excluding tert-OH is 3. The van der Waals surface area contributed by atoms with Crippen LogP contribution in [0.4, 0.5) is 0 Å². The van der Waals surface area contributed by atoms with Crippen molar-refractivity contribution in [3.8, 4) is 0 Å². The minimum atomic E-state index is -1.93. The van der Waals surface area contributed by atoms with Crippen LogP contribution in [0.2, 0.25) is 0 Å². The van der Waals surface area contributed by atoms with Crippen molar-refractivity contribution in [3.63, 3.8) is 0 Å². The van der Waals surface area contributed by atoms with Crippen LogP contribution in [-0.4, -0.2) is 262 Å². The van der Waals surface area contributed by atoms with Gasteiger partial charge in [-0.2, -0.15) is 0 Å². The number of likely N-dealkylation sites (tertiary alicyclic amines) is 3. The molecule has 0 aromatic heterocycles. The van der Waals surface area contributed by atoms with Gasteiger partial charge in [-0.3, -0.25) is 81.5 Å². The summed E-state index contributed by atoms with van der Waals surface area (Å²) in [5, 5.41) is 66.0. The molecule has 654 valence electrons. The molecule has 5 rings (SSSR count). The van der Waals surface area contributed by atoms with Gasteiger partial charge >= 0.3 is 0 Å². The molecule has 118 heavy (non-hydrogen) atoms. The molecule has 0 aliphatic carbocycles. The van der Waals surface area contributed by atoms with Crippen LogP contribution in [-0.2, 0) is 94.3 Å². The standard InChI is InChI=1S/C81H125N17O20/c1-20-81(19,91-62(107)53(36-45(2)3)86-59(104)41-83-66(111)74(5,6)92-68(113)76(9,10)94-69(114)77(11,12)93-67(112)75(7,8)88-61(106)54(84-46(4)100)38-48-30-25-22-26-31-48)70(115)95-80(17,18)73(118)97-42-50(101)39-56(97)64(109)87-52(33-34-58(82)103)60(105)89-79(15,16)72(117)98-43-51(102)40-57(98)65(110)90-78(13,14)71(116)96-35-27-32-55(96)63(108)85-49(44-99)37-47-28-23-21-24-29-47/h21-26,28-31,45,49-57,99,101-102H,20,27,32-44H2,1-19H3,(H2,82,103)(H,83,111)(H,84,100)(H,85,108)(H,86,104)(H,87,109)(H,88,106)(H,89,105)(H,90,110)(H,91,107)(H,92,113)(H,93,112)(H,94,114)(H,95,115)/t49-,50+,51+,52-,53-,54-,55-,56-,57-,81-/m0/s1. The Labute approximate surface area is 689 Å². The lowest BCUT2D eigenvalue weighted by molar-refractivity contribution is -0.148. The van der Waals surface area contributed by atoms with Crippen LogP contribution in [0.15, 0.2) is 60.7 Å². The number of amides is 17. The molecule has 0 saturated carbocycles. The highest BCUT2D eigenvalue weighted by Crippen LogP contribution is 2.29. The third kappa shape index (κ3) is 26.9. The molecule has 17 amide bonds. The Hall–Kier alpha value is -10.7. The van der Waals surface area contributed by atoms with Gasteiger partial charge < -0.3 is 105 Å². The molecule has 3 heterocycles. The first-order valence-electron chi connectivity index (χ1n) is 39.7. The van der Waals surface area contributed by atoms with Gasteiger partial charge in [0.05, 0.1) is 31.4 Å². The molecule has 0 spiro atoms. The van der Waals surface area contributed by atoms with Crippen molar-refractivity contribution in [2.75, 3.05) is 32.8 Å². The molecule has 0 unspecified atom stereocenters. The molecule has 10 atom stereocenters. The van der Waals surface area contributed by atoms with Crippen LogP contribution in [0.25, 0.3) is 0 Å². The second kappa shape index (κ2) is 40.2. The first kappa shape index (κ1) is 97.9. The van der Waals surface area contributed by atoms with Crippen LogP contribution in [0.3, 0.4) is 0 Å². The highest BCUT2D eigenvalue weighted by Gasteiger charge is 2.52. The maximum absolute atomic E-state index is 14.7. The average Bonchev–Trinajstić information content (AvgIpc) is 1.62. The predicted molar refractivity (Wildman–Crippen MR) is 431 cm³/mol. The molecule has 0 radical (unpaired) electrons. The van der Waals surface area contributed by atoms with Crippen molar-refractivity contribution in [2.24, 2.45) is 11.7 Å². The summed E-state index contributed by atoms with van der Waals surface area (Å²) in [5.41, 5.74) is -7.05. The van der Waals surface area contributed by atoms with E-state index in [9.17, 15) is 96.8 Å². The van der Waals surface area contributed by atoms with E-state index in [1.165, 1.54) is 116 Å². The molecular weight excluding hydrogens is 1530 g/mol. The highest BCUT2D eigenvalue weighted by molar-refractivity contribution is 6.04. The first-order chi connectivity index (χ1) is 54.4. The van der Waals surface area contributed by atoms with Gasteiger partial charge in [0.15, 0.2) is 0 Å². The number of β-amino-alcohol motifs (C(OH)–C–C–N with tert-alkyl or cyclic N) is 2. The monoisotopic (exact) mass is 1660 g/mol. The highest BCUT2D eigenvalue weighted by atomic mass is 16.3. The fourth-order valence-electron chi connectivity index (χ4n) is 13.7. The minimum Gasteiger partial charge on any atom is -0.394 e. The second-order valence-electron chi connectivity index (χ2n) is 35.2. The van der Waals surface area contributed by atoms with Crippen LogP contribution >= 0.6 is 0 Å². The maximum Gasteiger partial charge on any atom is 0.248 e. The Kier molecular flexibility index (Phi) is 33.3. The smallest absolute Gasteiger partial charge is 0.248 e. The van der Waals surface area contributed by atoms with Gasteiger partial charge in [-0.15, -0.1) is 0 Å². The van der Waals surface area contributed by atoms with Gasteiger partial charge in [0.2, 0.25) is 100 Å². The van der Waals surface area contributed by atoms with E-state index in [1.807, 2.05) is 30.3 Å². The van der Waals surface area contributed by atoms with Gasteiger partial charge in [0.1, 0.15) is 80.6 Å². The lowest BCUT2D eigenvalue weighted by Gasteiger charge is -2.37. The van der Waals surface area contributed by atoms with Crippen molar-refractivity contribution >= 4 is 100 Å². The SMILES string of the molecule is CC[C@](C)(NC(=O)[C@H](CC(C)C)NC(=O)CNC(=O)C(C)(C)NC(=O)C(C)(C)NC(=O)C(C)(C)NC(=O)C(C)(C)NC(=O)[C@H](Cc1ccccc1)NC(C)=O)C(=O)NC(C)(C)C(=O)N1C[C@H](O)C[C@H]1C(=O)N[C@@H](CCC(N)=O)C(=O)NC(C)(C)C(=O)N1C[C@H](O)C[C@H]1C(=O)NC(C)(C)C(=O)N1CCC[C@H]1C(=O)N[C@H](CO)Cc1ccccc1. The summed E-state index contributed by atoms with van der Waals surface area (Å²) in [5.74, 6) is -14.0. The summed E-state index contributed by atoms with van der Waals surface area (Å²) < 4.78 is 0. The summed E-state index contributed by atoms with van der Waals surface area (Å²) in [6.45, 7) is 24.8. The summed E-state index contributed by atoms with van der Waals surface area (Å²) >= 11 is 0. The van der Waals surface area contributed by atoms with E-state index >= 15 is 0 Å². The predicted octanol–water partition coefficient (Wildman–Crippen LogP) is -2.69. The number of nitrogens with one attached hydrogen (secondary N) is 13. The van der Waals surface area contributed by atoms with Crippen LogP contribution in [0.5, 0.6) is 0 Å². The number of carbonyl (C=O) groups excluding carboxylic acids is 17. The van der Waals surface area contributed by atoms with E-state index in [4.69, 9.17) is 5.73 Å². The van der Waals surface area contributed by atoms with Gasteiger partial charge in [-0.25, -0.2) is 0 Å². The Balaban J connectivity index is 1.18. The fraction of sp³-hybridized carbons (Fsp3) is 0.642. The van der Waals surface area contributed by atoms with Crippen LogP contribution in [0.1, 0.15) is 194 Å². The zero-order valence-electron chi connectivity index (χ0n) is 71.4. The summed E-state index contributed by atoms with van der Waals surface area (Å²) in [6, 6.07) is 9.57. The minimum absolute atomic E-state index is 0.0107. The molecule has 3 aliphatic rings. The Bertz CT molecular complexity index is 4060. The molecule has 18 N–H and O–H groups in total. The number of nitrogens with zero attached hydrogens (tertiary/aromatic N) is 3. The zero-order valence-corrected chi connectivity index (χ0v) is 71.4. The maximum atomic E-state index is 14.7. The molecule has 3 aliphatic heterocycles. The lowest BCUT2D eigenvalue weighted by atomic mass is 9.93. The number of hydrogen-bond donors (Lipinski definition) is 17. The van der Waals surface area contributed by atoms with E-state index in [0.717, 1.165) is 20.9 Å². The third-order valence-corrected chi connectivity index (χ3v) is 20.9. The van der Waals surface area contributed by atoms with E-state index in [0.29, 0.717) is 19.3 Å². The molecule has 3 fully saturated rings. The number of aliphatic hydroxyl groups is 3. The van der Waals surface area contributed by atoms with E-state index < -0.39 is 225 Å². The Morgan fingerprint density at radius 2 is 0.881 bits per heavy atom. The first-order valence-corrected chi connectivity index (χ1v) is 39.7. The molecule has 2 aromatic carbocycles. The third-order valence-electron chi connectivity index (χ3n) is 20.9. The summed E-state index contributed by atoms with van der Waals surface area (Å²) in [6.07, 6.45) is -3.03. The van der Waals surface area contributed by atoms with Crippen molar-refractivity contribution < 1.29 is 96.8 Å². The fourth-order valence-corrected chi connectivity index (χ4v) is 13.7. The molecule has 3 saturated heterocycles. The molecular formula is C81H125N17O20. The van der Waals surface area contributed by atoms with E-state index in [2.05, 4.69) is 69.1 Å². The molecule has 0 bridgehead atoms. The Morgan fingerprint density at radius 1 is 0.466 bits per heavy atom. The second-order valence-corrected chi connectivity index (χ2v) is 35.2. The van der Waals surface area contributed by atoms with Crippen molar-refractivity contribution in [2.45, 2.75) is 295 Å². The summed E-state index contributed by atoms with van der Waals surface area (Å²) in [7, 11) is 0. The lowest BCUT2D eigenvalue weighted by Crippen LogP contribution is -2.68. The van der Waals surface area contributed by atoms with Crippen molar-refractivity contribution in [1.29, 1.82) is 0 Å². The number of primary amides is 1. The topological polar surface area (TPSA) is 543 Å². The molecule has 37 heteroatoms. The number of benzene rings is 2. The number of hydrogen-bond acceptors (Lipinski definition) is 20. The summed E-state index contributed by atoms with van der Waals surface area (Å²) in [4.78, 5) is 239. The zero-order chi connectivity index (χ0) is 89.3. The van der Waals surface area contributed by atoms with Gasteiger partial charge in [0, 0.05) is 52.2 Å². The van der Waals surface area contributed by atoms with Gasteiger partial charge in [-0.05, 0) is 159 Å². The number of rotatable bonds is 39. The van der Waals surface area contributed by atoms with E-state index in [1.54, 1.807) is 51.1 Å². The average molecular weight is 1660 g/mol. The Morgan fingerprint density at radius 3 is 1.36 bits per heavy atom. The largest absolute Gasteiger partial charge is 0.394 e. The van der Waals surface area contributed by atoms with Gasteiger partial charge in [-0.1, -0.05) is 81.4 Å². The number of carbonyl (C=O) groups is 17. The molecule has 2 aromatic rings. The van der Waals surface area contributed by atoms with Gasteiger partial charge in [0.25, 0.3) is 0 Å². The van der Waals surface area contributed by atoms with Crippen LogP contribution in [0, 0.1) is 5.92 Å². The van der Waals surface area contributed by atoms with Crippen LogP contribution < -0.4 is 74.9 Å². The van der Waals surface area contributed by atoms with E-state index in [-0.39, 0.29) is 57.7 Å².